The van der Waals surface area contributed by atoms with Crippen molar-refractivity contribution in [2.45, 2.75) is 111 Å². The maximum atomic E-state index is 11.4. The van der Waals surface area contributed by atoms with Gasteiger partial charge in [-0.3, -0.25) is 14.4 Å². The second-order valence-electron chi connectivity index (χ2n) is 12.2. The summed E-state index contributed by atoms with van der Waals surface area (Å²) in [6.07, 6.45) is 8.04. The summed E-state index contributed by atoms with van der Waals surface area (Å²) in [7, 11) is 1.38. The molecule has 0 radical (unpaired) electrons. The molecular formula is C38H53N3O4. The van der Waals surface area contributed by atoms with E-state index in [0.29, 0.717) is 37.3 Å². The Labute approximate surface area is 271 Å². The molecular weight excluding hydrogens is 562 g/mol. The maximum absolute atomic E-state index is 11.4. The van der Waals surface area contributed by atoms with Gasteiger partial charge in [0.15, 0.2) is 0 Å². The van der Waals surface area contributed by atoms with E-state index in [-0.39, 0.29) is 12.0 Å². The van der Waals surface area contributed by atoms with Gasteiger partial charge >= 0.3 is 5.97 Å². The van der Waals surface area contributed by atoms with Crippen LogP contribution in [0.3, 0.4) is 0 Å². The first-order valence-electron chi connectivity index (χ1n) is 16.8. The number of carbonyl (C=O) groups excluding carboxylic acids is 3. The van der Waals surface area contributed by atoms with Crippen LogP contribution < -0.4 is 5.32 Å². The van der Waals surface area contributed by atoms with Crippen molar-refractivity contribution in [3.63, 3.8) is 0 Å². The van der Waals surface area contributed by atoms with Gasteiger partial charge in [-0.1, -0.05) is 76.8 Å². The summed E-state index contributed by atoms with van der Waals surface area (Å²) in [6, 6.07) is 13.3. The van der Waals surface area contributed by atoms with E-state index in [1.165, 1.54) is 36.6 Å². The van der Waals surface area contributed by atoms with Crippen LogP contribution in [0, 0.1) is 17.8 Å². The summed E-state index contributed by atoms with van der Waals surface area (Å²) in [5, 5.41) is 3.45. The van der Waals surface area contributed by atoms with Crippen LogP contribution >= 0.6 is 0 Å². The summed E-state index contributed by atoms with van der Waals surface area (Å²) < 4.78 is 4.60. The van der Waals surface area contributed by atoms with E-state index < -0.39 is 0 Å². The smallest absolute Gasteiger partial charge is 0.306 e. The monoisotopic (exact) mass is 615 g/mol. The van der Waals surface area contributed by atoms with Crippen molar-refractivity contribution in [1.29, 1.82) is 0 Å². The number of hydrogen-bond acceptors (Lipinski definition) is 5. The first kappa shape index (κ1) is 35.8. The average molecular weight is 616 g/mol. The lowest BCUT2D eigenvalue weighted by atomic mass is 9.80. The quantitative estimate of drug-likeness (QED) is 0.235. The number of esters is 1. The third-order valence-electron chi connectivity index (χ3n) is 9.23. The second kappa shape index (κ2) is 18.4. The van der Waals surface area contributed by atoms with Crippen molar-refractivity contribution in [1.82, 2.24) is 15.1 Å². The fourth-order valence-electron chi connectivity index (χ4n) is 6.69. The van der Waals surface area contributed by atoms with Crippen LogP contribution in [0.2, 0.25) is 0 Å². The average Bonchev–Trinajstić information content (AvgIpc) is 3.09. The lowest BCUT2D eigenvalue weighted by Gasteiger charge is -2.39. The molecule has 3 aliphatic rings. The number of carbonyl (C=O) groups is 3. The molecule has 244 valence electrons. The minimum atomic E-state index is -0.239. The van der Waals surface area contributed by atoms with Gasteiger partial charge in [-0.25, -0.2) is 0 Å². The van der Waals surface area contributed by atoms with Gasteiger partial charge in [-0.15, -0.1) is 0 Å². The number of methoxy groups -OCH3 is 1. The van der Waals surface area contributed by atoms with Crippen molar-refractivity contribution in [3.05, 3.63) is 69.8 Å². The largest absolute Gasteiger partial charge is 0.469 e. The molecule has 2 unspecified atom stereocenters. The molecule has 2 aromatic carbocycles. The van der Waals surface area contributed by atoms with Crippen LogP contribution in [0.4, 0.5) is 0 Å². The molecule has 3 aliphatic heterocycles. The molecule has 1 saturated heterocycles. The van der Waals surface area contributed by atoms with E-state index >= 15 is 0 Å². The normalized spacial score (nSPS) is 18.9. The summed E-state index contributed by atoms with van der Waals surface area (Å²) in [6.45, 7) is 14.2. The molecule has 0 aromatic heterocycles. The summed E-state index contributed by atoms with van der Waals surface area (Å²) in [5.41, 5.74) is 7.84. The van der Waals surface area contributed by atoms with E-state index in [9.17, 15) is 14.4 Å². The number of ether oxygens (including phenoxy) is 1. The van der Waals surface area contributed by atoms with Gasteiger partial charge in [0.05, 0.1) is 13.5 Å². The highest BCUT2D eigenvalue weighted by Crippen LogP contribution is 2.35. The molecule has 45 heavy (non-hydrogen) atoms. The molecule has 7 nitrogen and oxygen atoms in total. The SMILES string of the molecule is CC.CC(C)C1Cc2c(cccc2C2CCNCC2)CN1C=O.CCC1Cc2c(C#CCCC(=O)OC)cccc2CN1C=O. The highest BCUT2D eigenvalue weighted by Gasteiger charge is 2.30. The lowest BCUT2D eigenvalue weighted by Crippen LogP contribution is -2.43. The second-order valence-corrected chi connectivity index (χ2v) is 12.2. The Morgan fingerprint density at radius 3 is 2.24 bits per heavy atom. The zero-order valence-electron chi connectivity index (χ0n) is 28.2. The van der Waals surface area contributed by atoms with E-state index in [1.807, 2.05) is 35.8 Å². The predicted octanol–water partition coefficient (Wildman–Crippen LogP) is 6.00. The molecule has 0 spiro atoms. The van der Waals surface area contributed by atoms with Crippen LogP contribution in [0.25, 0.3) is 0 Å². The third kappa shape index (κ3) is 9.43. The summed E-state index contributed by atoms with van der Waals surface area (Å²) in [4.78, 5) is 37.5. The molecule has 0 bridgehead atoms. The molecule has 2 amide bonds. The molecule has 1 fully saturated rings. The minimum absolute atomic E-state index is 0.239. The Balaban J connectivity index is 0.000000233. The molecule has 2 aromatic rings. The highest BCUT2D eigenvalue weighted by molar-refractivity contribution is 5.69. The molecule has 0 saturated carbocycles. The van der Waals surface area contributed by atoms with E-state index in [0.717, 1.165) is 62.8 Å². The zero-order valence-corrected chi connectivity index (χ0v) is 28.2. The van der Waals surface area contributed by atoms with Gasteiger partial charge in [0.2, 0.25) is 12.8 Å². The number of fused-ring (bicyclic) bond motifs is 2. The Morgan fingerprint density at radius 2 is 1.62 bits per heavy atom. The van der Waals surface area contributed by atoms with Gasteiger partial charge in [0.25, 0.3) is 0 Å². The topological polar surface area (TPSA) is 79.0 Å². The Hall–Kier alpha value is -3.63. The number of rotatable bonds is 7. The van der Waals surface area contributed by atoms with Crippen molar-refractivity contribution in [2.24, 2.45) is 5.92 Å². The van der Waals surface area contributed by atoms with Crippen LogP contribution in [0.1, 0.15) is 106 Å². The van der Waals surface area contributed by atoms with E-state index in [2.05, 4.69) is 66.9 Å². The molecule has 5 rings (SSSR count). The lowest BCUT2D eigenvalue weighted by molar-refractivity contribution is -0.140. The van der Waals surface area contributed by atoms with Crippen molar-refractivity contribution >= 4 is 18.8 Å². The van der Waals surface area contributed by atoms with Gasteiger partial charge in [0, 0.05) is 37.2 Å². The van der Waals surface area contributed by atoms with E-state index in [4.69, 9.17) is 0 Å². The molecule has 1 N–H and O–H groups in total. The van der Waals surface area contributed by atoms with Crippen LogP contribution in [0.5, 0.6) is 0 Å². The van der Waals surface area contributed by atoms with Gasteiger partial charge in [0.1, 0.15) is 0 Å². The van der Waals surface area contributed by atoms with E-state index in [1.54, 1.807) is 5.56 Å². The van der Waals surface area contributed by atoms with Gasteiger partial charge in [-0.2, -0.15) is 0 Å². The summed E-state index contributed by atoms with van der Waals surface area (Å²) in [5.74, 6) is 7.16. The predicted molar refractivity (Wildman–Crippen MR) is 181 cm³/mol. The standard InChI is InChI=1S/C18H26N2O.C18H21NO3.C2H6/c1-13(2)18-10-17-15(11-20(18)12-21)4-3-5-16(17)14-6-8-19-9-7-14;1-3-16-11-17-14(7-4-5-10-18(21)22-2)8-6-9-15(17)12-19(16)13-20;1-2/h3-5,12-14,18-19H,6-11H2,1-2H3;6,8-9,13,16H,3,5,10-12H2,1-2H3;1-2H3. The number of hydrogen-bond donors (Lipinski definition) is 1. The Bertz CT molecular complexity index is 1320. The molecule has 3 heterocycles. The van der Waals surface area contributed by atoms with Crippen molar-refractivity contribution in [2.75, 3.05) is 20.2 Å². The van der Waals surface area contributed by atoms with Crippen molar-refractivity contribution < 1.29 is 19.1 Å². The number of nitrogens with one attached hydrogen (secondary N) is 1. The summed E-state index contributed by atoms with van der Waals surface area (Å²) >= 11 is 0. The van der Waals surface area contributed by atoms with Crippen LogP contribution in [-0.2, 0) is 45.1 Å². The third-order valence-corrected chi connectivity index (χ3v) is 9.23. The maximum Gasteiger partial charge on any atom is 0.306 e. The number of amides is 2. The van der Waals surface area contributed by atoms with Gasteiger partial charge < -0.3 is 19.9 Å². The molecule has 2 atom stereocenters. The fourth-order valence-corrected chi connectivity index (χ4v) is 6.69. The minimum Gasteiger partial charge on any atom is -0.469 e. The Kier molecular flexibility index (Phi) is 14.6. The fraction of sp³-hybridized carbons (Fsp3) is 0.553. The zero-order chi connectivity index (χ0) is 32.8. The first-order valence-corrected chi connectivity index (χ1v) is 16.8. The number of nitrogens with zero attached hydrogens (tertiary/aromatic N) is 2. The number of benzene rings is 2. The molecule has 0 aliphatic carbocycles. The van der Waals surface area contributed by atoms with Crippen LogP contribution in [0.15, 0.2) is 36.4 Å². The number of piperidine rings is 1. The van der Waals surface area contributed by atoms with Gasteiger partial charge in [-0.05, 0) is 90.9 Å². The molecule has 7 heteroatoms. The van der Waals surface area contributed by atoms with Crippen LogP contribution in [-0.4, -0.2) is 60.9 Å². The Morgan fingerprint density at radius 1 is 0.978 bits per heavy atom. The first-order chi connectivity index (χ1) is 21.9. The van der Waals surface area contributed by atoms with Crippen molar-refractivity contribution in [3.8, 4) is 11.8 Å². The highest BCUT2D eigenvalue weighted by atomic mass is 16.5.